The molecule has 1 aliphatic carbocycles. The first-order valence-electron chi connectivity index (χ1n) is 10.1. The maximum atomic E-state index is 12.8. The van der Waals surface area contributed by atoms with E-state index in [1.807, 2.05) is 19.1 Å². The summed E-state index contributed by atoms with van der Waals surface area (Å²) in [7, 11) is 0. The number of nitrogens with zero attached hydrogens (tertiary/aromatic N) is 2. The number of thiazole rings is 1. The fraction of sp³-hybridized carbons (Fsp3) is 0.429. The van der Waals surface area contributed by atoms with Crippen molar-refractivity contribution in [3.63, 3.8) is 0 Å². The van der Waals surface area contributed by atoms with E-state index in [1.165, 1.54) is 16.2 Å². The fourth-order valence-corrected chi connectivity index (χ4v) is 5.07. The van der Waals surface area contributed by atoms with Gasteiger partial charge in [-0.1, -0.05) is 43.0 Å². The lowest BCUT2D eigenvalue weighted by Crippen LogP contribution is -2.48. The summed E-state index contributed by atoms with van der Waals surface area (Å²) in [6.07, 6.45) is 4.32. The summed E-state index contributed by atoms with van der Waals surface area (Å²) < 4.78 is 0. The van der Waals surface area contributed by atoms with Crippen molar-refractivity contribution in [3.05, 3.63) is 34.2 Å². The molecular weight excluding hydrogens is 424 g/mol. The third-order valence-electron chi connectivity index (χ3n) is 5.68. The highest BCUT2D eigenvalue weighted by Gasteiger charge is 2.51. The Morgan fingerprint density at radius 2 is 1.93 bits per heavy atom. The van der Waals surface area contributed by atoms with Gasteiger partial charge in [-0.3, -0.25) is 14.5 Å². The maximum Gasteiger partial charge on any atom is 0.325 e. The molecule has 30 heavy (non-hydrogen) atoms. The van der Waals surface area contributed by atoms with Crippen molar-refractivity contribution in [1.29, 1.82) is 0 Å². The Morgan fingerprint density at radius 3 is 2.63 bits per heavy atom. The van der Waals surface area contributed by atoms with Crippen LogP contribution in [0.2, 0.25) is 5.02 Å². The molecule has 1 aromatic heterocycles. The number of urea groups is 1. The molecule has 2 N–H and O–H groups in total. The number of nitrogens with one attached hydrogen (secondary N) is 2. The zero-order chi connectivity index (χ0) is 21.3. The summed E-state index contributed by atoms with van der Waals surface area (Å²) in [4.78, 5) is 44.2. The Balaban J connectivity index is 1.36. The quantitative estimate of drug-likeness (QED) is 0.667. The molecule has 4 amide bonds. The first-order valence-corrected chi connectivity index (χ1v) is 11.2. The molecule has 2 aromatic rings. The SMILES string of the molecule is Cc1sc(NC(=O)CCN2C(=O)NC3(CCCCC3)C2=O)nc1-c1ccc(Cl)cc1. The number of hydrogen-bond acceptors (Lipinski definition) is 5. The number of carbonyl (C=O) groups is 3. The molecule has 0 radical (unpaired) electrons. The van der Waals surface area contributed by atoms with Crippen LogP contribution in [0, 0.1) is 6.92 Å². The van der Waals surface area contributed by atoms with Crippen LogP contribution < -0.4 is 10.6 Å². The number of amides is 4. The number of hydrogen-bond donors (Lipinski definition) is 2. The van der Waals surface area contributed by atoms with Crippen LogP contribution in [0.5, 0.6) is 0 Å². The molecule has 1 saturated heterocycles. The number of aromatic nitrogens is 1. The van der Waals surface area contributed by atoms with Crippen LogP contribution in [-0.4, -0.2) is 39.8 Å². The Bertz CT molecular complexity index is 983. The zero-order valence-corrected chi connectivity index (χ0v) is 18.2. The third-order valence-corrected chi connectivity index (χ3v) is 6.81. The summed E-state index contributed by atoms with van der Waals surface area (Å²) in [5, 5.41) is 6.78. The molecule has 7 nitrogen and oxygen atoms in total. The summed E-state index contributed by atoms with van der Waals surface area (Å²) in [5.41, 5.74) is 0.956. The first kappa shape index (κ1) is 20.8. The van der Waals surface area contributed by atoms with Gasteiger partial charge in [-0.15, -0.1) is 11.3 Å². The molecule has 158 valence electrons. The van der Waals surface area contributed by atoms with Crippen LogP contribution in [0.4, 0.5) is 9.93 Å². The molecule has 1 spiro atoms. The monoisotopic (exact) mass is 446 g/mol. The van der Waals surface area contributed by atoms with Crippen molar-refractivity contribution >= 4 is 45.9 Å². The third kappa shape index (κ3) is 4.06. The second-order valence-corrected chi connectivity index (χ2v) is 9.40. The zero-order valence-electron chi connectivity index (χ0n) is 16.7. The summed E-state index contributed by atoms with van der Waals surface area (Å²) >= 11 is 7.32. The molecule has 9 heteroatoms. The van der Waals surface area contributed by atoms with E-state index in [1.54, 1.807) is 12.1 Å². The van der Waals surface area contributed by atoms with E-state index < -0.39 is 11.6 Å². The number of imide groups is 1. The lowest BCUT2D eigenvalue weighted by molar-refractivity contribution is -0.132. The summed E-state index contributed by atoms with van der Waals surface area (Å²) in [6, 6.07) is 6.96. The molecule has 0 unspecified atom stereocenters. The van der Waals surface area contributed by atoms with Crippen LogP contribution in [-0.2, 0) is 9.59 Å². The average molecular weight is 447 g/mol. The second-order valence-electron chi connectivity index (χ2n) is 7.76. The van der Waals surface area contributed by atoms with E-state index in [-0.39, 0.29) is 24.8 Å². The van der Waals surface area contributed by atoms with Crippen molar-refractivity contribution in [2.24, 2.45) is 0 Å². The number of benzene rings is 1. The van der Waals surface area contributed by atoms with E-state index in [0.29, 0.717) is 23.0 Å². The molecule has 4 rings (SSSR count). The molecule has 2 heterocycles. The molecule has 1 aromatic carbocycles. The minimum atomic E-state index is -0.758. The Hall–Kier alpha value is -2.45. The predicted molar refractivity (Wildman–Crippen MR) is 117 cm³/mol. The summed E-state index contributed by atoms with van der Waals surface area (Å²) in [5.74, 6) is -0.480. The fourth-order valence-electron chi connectivity index (χ4n) is 4.09. The number of aryl methyl sites for hydroxylation is 1. The molecule has 1 saturated carbocycles. The number of carbonyl (C=O) groups excluding carboxylic acids is 3. The predicted octanol–water partition coefficient (Wildman–Crippen LogP) is 4.36. The normalized spacial score (nSPS) is 18.0. The molecule has 0 bridgehead atoms. The highest BCUT2D eigenvalue weighted by atomic mass is 35.5. The number of halogens is 1. The molecule has 0 atom stereocenters. The van der Waals surface area contributed by atoms with Crippen molar-refractivity contribution in [2.75, 3.05) is 11.9 Å². The van der Waals surface area contributed by atoms with Crippen molar-refractivity contribution in [3.8, 4) is 11.3 Å². The van der Waals surface area contributed by atoms with Crippen LogP contribution in [0.3, 0.4) is 0 Å². The van der Waals surface area contributed by atoms with Gasteiger partial charge < -0.3 is 10.6 Å². The Labute approximate surface area is 183 Å². The van der Waals surface area contributed by atoms with E-state index in [4.69, 9.17) is 11.6 Å². The van der Waals surface area contributed by atoms with Gasteiger partial charge in [0, 0.05) is 28.4 Å². The largest absolute Gasteiger partial charge is 0.325 e. The van der Waals surface area contributed by atoms with Crippen molar-refractivity contribution in [2.45, 2.75) is 51.0 Å². The minimum Gasteiger partial charge on any atom is -0.323 e. The Kier molecular flexibility index (Phi) is 5.79. The average Bonchev–Trinajstić information content (AvgIpc) is 3.18. The highest BCUT2D eigenvalue weighted by molar-refractivity contribution is 7.16. The highest BCUT2D eigenvalue weighted by Crippen LogP contribution is 2.34. The summed E-state index contributed by atoms with van der Waals surface area (Å²) in [6.45, 7) is 2.00. The van der Waals surface area contributed by atoms with Crippen LogP contribution in [0.15, 0.2) is 24.3 Å². The molecule has 2 aliphatic rings. The van der Waals surface area contributed by atoms with Gasteiger partial charge >= 0.3 is 6.03 Å². The molecule has 1 aliphatic heterocycles. The Morgan fingerprint density at radius 1 is 1.23 bits per heavy atom. The van der Waals surface area contributed by atoms with E-state index in [9.17, 15) is 14.4 Å². The van der Waals surface area contributed by atoms with Gasteiger partial charge in [-0.05, 0) is 31.9 Å². The van der Waals surface area contributed by atoms with Crippen LogP contribution in [0.1, 0.15) is 43.4 Å². The van der Waals surface area contributed by atoms with E-state index >= 15 is 0 Å². The maximum absolute atomic E-state index is 12.8. The van der Waals surface area contributed by atoms with E-state index in [0.717, 1.165) is 35.4 Å². The van der Waals surface area contributed by atoms with Gasteiger partial charge in [-0.25, -0.2) is 9.78 Å². The van der Waals surface area contributed by atoms with Crippen LogP contribution in [0.25, 0.3) is 11.3 Å². The van der Waals surface area contributed by atoms with Gasteiger partial charge in [0.25, 0.3) is 5.91 Å². The van der Waals surface area contributed by atoms with Gasteiger partial charge in [0.15, 0.2) is 5.13 Å². The van der Waals surface area contributed by atoms with Crippen molar-refractivity contribution < 1.29 is 14.4 Å². The topological polar surface area (TPSA) is 91.4 Å². The van der Waals surface area contributed by atoms with E-state index in [2.05, 4.69) is 15.6 Å². The van der Waals surface area contributed by atoms with Gasteiger partial charge in [0.1, 0.15) is 5.54 Å². The van der Waals surface area contributed by atoms with Gasteiger partial charge in [0.05, 0.1) is 5.69 Å². The molecular formula is C21H23ClN4O3S. The van der Waals surface area contributed by atoms with Crippen molar-refractivity contribution in [1.82, 2.24) is 15.2 Å². The minimum absolute atomic E-state index is 0.0319. The lowest BCUT2D eigenvalue weighted by atomic mass is 9.82. The lowest BCUT2D eigenvalue weighted by Gasteiger charge is -2.30. The van der Waals surface area contributed by atoms with Crippen LogP contribution >= 0.6 is 22.9 Å². The van der Waals surface area contributed by atoms with Gasteiger partial charge in [-0.2, -0.15) is 0 Å². The number of anilines is 1. The van der Waals surface area contributed by atoms with Gasteiger partial charge in [0.2, 0.25) is 5.91 Å². The second kappa shape index (κ2) is 8.35. The standard InChI is InChI=1S/C21H23ClN4O3S/c1-13-17(14-5-7-15(22)8-6-14)24-19(30-13)23-16(27)9-12-26-18(28)21(25-20(26)29)10-3-2-4-11-21/h5-8H,2-4,9-12H2,1H3,(H,25,29)(H,23,24,27). The molecule has 2 fully saturated rings. The number of rotatable bonds is 5. The first-order chi connectivity index (χ1) is 14.4. The smallest absolute Gasteiger partial charge is 0.323 e.